The van der Waals surface area contributed by atoms with Crippen molar-refractivity contribution in [1.29, 1.82) is 0 Å². The van der Waals surface area contributed by atoms with Crippen molar-refractivity contribution in [2.24, 2.45) is 5.73 Å². The maximum atomic E-state index is 13.4. The van der Waals surface area contributed by atoms with Crippen LogP contribution in [0.2, 0.25) is 0 Å². The van der Waals surface area contributed by atoms with Gasteiger partial charge in [-0.15, -0.1) is 0 Å². The van der Waals surface area contributed by atoms with E-state index in [1.165, 1.54) is 72.3 Å². The molecule has 0 aliphatic carbocycles. The Morgan fingerprint density at radius 2 is 0.756 bits per heavy atom. The number of hydrogen-bond donors (Lipinski definition) is 3. The van der Waals surface area contributed by atoms with Gasteiger partial charge in [0.05, 0.1) is 39.8 Å². The smallest absolute Gasteiger partial charge is 0.300 e. The van der Waals surface area contributed by atoms with Gasteiger partial charge in [0.1, 0.15) is 37.3 Å². The summed E-state index contributed by atoms with van der Waals surface area (Å²) in [5.41, 5.74) is 9.59. The number of rotatable bonds is 18. The molecular weight excluding hydrogens is 1700 g/mol. The number of hydrogen-bond acceptors (Lipinski definition) is 17. The molecule has 127 heavy (non-hydrogen) atoms. The number of Topliss-reactive ketones (excluding diaryl/α,β-unsaturated/α-hetero) is 2. The molecule has 4 N–H and O–H groups in total. The molecule has 5 fully saturated rings. The van der Waals surface area contributed by atoms with E-state index in [1.54, 1.807) is 63.2 Å². The summed E-state index contributed by atoms with van der Waals surface area (Å²) in [4.78, 5) is 144. The van der Waals surface area contributed by atoms with Crippen molar-refractivity contribution in [3.8, 4) is 23.0 Å². The second kappa shape index (κ2) is 43.9. The van der Waals surface area contributed by atoms with E-state index >= 15 is 0 Å². The summed E-state index contributed by atoms with van der Waals surface area (Å²) in [5.74, 6) is -3.64. The number of ether oxygens (including phenoxy) is 4. The van der Waals surface area contributed by atoms with Crippen LogP contribution in [0.3, 0.4) is 0 Å². The van der Waals surface area contributed by atoms with E-state index in [1.807, 2.05) is 110 Å². The molecule has 4 amide bonds. The van der Waals surface area contributed by atoms with Gasteiger partial charge in [0, 0.05) is 123 Å². The molecule has 5 saturated heterocycles. The number of pyridine rings is 4. The highest BCUT2D eigenvalue weighted by Crippen LogP contribution is 2.36. The van der Waals surface area contributed by atoms with Crippen LogP contribution >= 0.6 is 15.9 Å². The van der Waals surface area contributed by atoms with E-state index in [9.17, 15) is 66.2 Å². The first-order valence-corrected chi connectivity index (χ1v) is 43.1. The quantitative estimate of drug-likeness (QED) is 0.0531. The van der Waals surface area contributed by atoms with Crippen LogP contribution in [-0.2, 0) is 74.9 Å². The van der Waals surface area contributed by atoms with Gasteiger partial charge in [-0.3, -0.25) is 52.7 Å². The van der Waals surface area contributed by atoms with E-state index < -0.39 is 28.4 Å². The van der Waals surface area contributed by atoms with Gasteiger partial charge in [-0.1, -0.05) is 127 Å². The lowest BCUT2D eigenvalue weighted by Gasteiger charge is -2.33. The first-order valence-electron chi connectivity index (χ1n) is 42.3. The number of aliphatic carboxylic acids is 1. The Kier molecular flexibility index (Phi) is 32.3. The number of nitrogens with two attached hydrogens (primary N) is 1. The predicted molar refractivity (Wildman–Crippen MR) is 473 cm³/mol. The van der Waals surface area contributed by atoms with Gasteiger partial charge in [0.25, 0.3) is 29.6 Å². The first kappa shape index (κ1) is 93.4. The molecule has 10 aromatic rings. The predicted octanol–water partition coefficient (Wildman–Crippen LogP) is 13.6. The second-order valence-electron chi connectivity index (χ2n) is 31.8. The fourth-order valence-electron chi connectivity index (χ4n) is 16.8. The van der Waals surface area contributed by atoms with Crippen LogP contribution in [0.25, 0.3) is 0 Å². The average molecular weight is 1800 g/mol. The Labute approximate surface area is 740 Å². The molecule has 13 heterocycles. The molecule has 19 rings (SSSR count). The van der Waals surface area contributed by atoms with E-state index in [4.69, 9.17) is 34.6 Å². The number of carboxylic acid groups (broad SMARTS) is 1. The number of aromatic nitrogens is 4. The molecule has 30 heteroatoms. The number of carbonyl (C=O) groups excluding carboxylic acids is 6. The minimum Gasteiger partial charge on any atom is -0.503 e. The van der Waals surface area contributed by atoms with Gasteiger partial charge in [-0.05, 0) is 163 Å². The largest absolute Gasteiger partial charge is 0.503 e. The Balaban J connectivity index is 0.000000145. The van der Waals surface area contributed by atoms with Gasteiger partial charge in [-0.2, -0.15) is 0 Å². The zero-order valence-electron chi connectivity index (χ0n) is 70.8. The molecule has 4 aromatic heterocycles. The van der Waals surface area contributed by atoms with E-state index in [-0.39, 0.29) is 162 Å². The van der Waals surface area contributed by atoms with E-state index in [0.29, 0.717) is 68.0 Å². The minimum atomic E-state index is -0.833. The molecule has 0 radical (unpaired) electrons. The van der Waals surface area contributed by atoms with Crippen molar-refractivity contribution in [2.45, 2.75) is 174 Å². The molecule has 666 valence electrons. The lowest BCUT2D eigenvalue weighted by molar-refractivity contribution is -0.134. The van der Waals surface area contributed by atoms with Crippen molar-refractivity contribution in [2.75, 3.05) is 39.4 Å². The summed E-state index contributed by atoms with van der Waals surface area (Å²) < 4.78 is 68.2. The van der Waals surface area contributed by atoms with Crippen LogP contribution in [-0.4, -0.2) is 153 Å². The molecule has 0 saturated carbocycles. The van der Waals surface area contributed by atoms with Crippen LogP contribution in [0.4, 0.5) is 13.2 Å². The number of amides is 4. The molecule has 0 bridgehead atoms. The monoisotopic (exact) mass is 1800 g/mol. The van der Waals surface area contributed by atoms with Gasteiger partial charge < -0.3 is 80.2 Å². The summed E-state index contributed by atoms with van der Waals surface area (Å²) in [7, 11) is 0. The average Bonchev–Trinajstić information content (AvgIpc) is 1.76. The minimum absolute atomic E-state index is 0. The van der Waals surface area contributed by atoms with Crippen LogP contribution in [0.5, 0.6) is 23.0 Å². The Morgan fingerprint density at radius 1 is 0.425 bits per heavy atom. The number of carbonyl (C=O) groups is 7. The molecule has 6 aromatic carbocycles. The second-order valence-corrected chi connectivity index (χ2v) is 32.7. The topological polar surface area (TPSA) is 324 Å². The van der Waals surface area contributed by atoms with Crippen LogP contribution in [0.1, 0.15) is 180 Å². The number of nitrogens with zero attached hydrogens (tertiary/aromatic N) is 8. The van der Waals surface area contributed by atoms with Crippen molar-refractivity contribution >= 4 is 57.1 Å². The summed E-state index contributed by atoms with van der Waals surface area (Å²) in [6.45, 7) is 9.47. The molecule has 9 aliphatic heterocycles. The molecule has 9 aliphatic rings. The van der Waals surface area contributed by atoms with E-state index in [2.05, 4.69) is 15.9 Å². The van der Waals surface area contributed by atoms with Crippen LogP contribution in [0.15, 0.2) is 218 Å². The van der Waals surface area contributed by atoms with Gasteiger partial charge in [-0.25, -0.2) is 13.2 Å². The van der Waals surface area contributed by atoms with Crippen LogP contribution < -0.4 is 41.7 Å². The number of halogens is 4. The van der Waals surface area contributed by atoms with E-state index in [0.717, 1.165) is 125 Å². The molecule has 4 atom stereocenters. The third-order valence-corrected chi connectivity index (χ3v) is 23.7. The van der Waals surface area contributed by atoms with Crippen molar-refractivity contribution < 1.29 is 75.9 Å². The SMILES string of the molecule is C1CCOC1.CC(=O)O.NCc1ccc(F)cc1.O=C(CCc1ccc(F)cc1)c1cn2c(c(O)c1=O)C(=O)N1CCC[C@@H]1C2.O=C(CCc1ccc(F)cc1)c1cn2c(c(OCc3ccccc3)c1=O)C(=O)N1CCC[C@@H]1C2.O=C1c2c(OCc3ccccc3)c(=O)c(Br)cn2C[C@H]2CCCN12.O=C1c2c(OCc3ccccc3)c(=O)ccn2C[C@H]2CCCN12.[CH3-]. The molecule has 26 nitrogen and oxygen atoms in total. The first-order chi connectivity index (χ1) is 60.9. The molecular formula is C97H102BrF3N9O17-. The highest BCUT2D eigenvalue weighted by atomic mass is 79.9. The lowest BCUT2D eigenvalue weighted by Crippen LogP contribution is -2.46. The van der Waals surface area contributed by atoms with Crippen molar-refractivity contribution in [3.05, 3.63) is 332 Å². The van der Waals surface area contributed by atoms with Gasteiger partial charge >= 0.3 is 0 Å². The summed E-state index contributed by atoms with van der Waals surface area (Å²) in [6, 6.07) is 48.6. The lowest BCUT2D eigenvalue weighted by atomic mass is 10.0. The zero-order chi connectivity index (χ0) is 89.1. The normalized spacial score (nSPS) is 17.3. The maximum absolute atomic E-state index is 13.4. The Morgan fingerprint density at radius 3 is 1.13 bits per heavy atom. The van der Waals surface area contributed by atoms with Crippen molar-refractivity contribution in [3.63, 3.8) is 0 Å². The third kappa shape index (κ3) is 23.1. The van der Waals surface area contributed by atoms with Crippen molar-refractivity contribution in [1.82, 2.24) is 37.9 Å². The Hall–Kier alpha value is -12.8. The standard InChI is InChI=1S/C27H25FN2O4.C20H19FN2O4.C18H17BrN2O3.C18H18N2O3.C7H8FN.C4H8O.C2H4O2.CH3/c28-20-11-8-18(9-12-20)10-13-23(31)22-16-29-15-21-7-4-14-30(21)27(33)24(29)26(25(22)32)34-17-19-5-2-1-3-6-19;21-13-6-3-12(4-7-13)5-8-16(24)15-11-22-10-14-2-1-9-23(14)20(27)17(22)19(26)18(15)25;19-14-10-20-9-13-7-4-8-21(13)18(23)15(20)17(16(14)22)24-11-12-5-2-1-3-6-12;21-15-8-10-19-11-14-7-4-9-20(14)18(22)16(19)17(15)23-12-13-5-2-1-3-6-13;8-7-3-1-6(5-9)2-4-7;1-2-4-5-3-1;1-2(3)4;/h1-3,5-6,8-9,11-12,16,21H,4,7,10,13-15,17H2;3-4,6-7,11,14,26H,1-2,5,8-10H2;1-3,5-6,10,13H,4,7-9,11H2;1-3,5-6,8,10,14H,4,7,9,11-12H2;1-4H,5,9H2;1-4H2;1H3,(H,3,4);1H3/q;;;;;;;-1/t21-;14-;13-;14-;;;;/m1111..../s1. The maximum Gasteiger partial charge on any atom is 0.300 e. The summed E-state index contributed by atoms with van der Waals surface area (Å²) in [6.07, 6.45) is 17.4. The molecule has 0 unspecified atom stereocenters. The fourth-order valence-corrected chi connectivity index (χ4v) is 17.2. The summed E-state index contributed by atoms with van der Waals surface area (Å²) in [5, 5.41) is 17.7. The van der Waals surface area contributed by atoms with Crippen LogP contribution in [0, 0.1) is 24.9 Å². The number of aromatic hydroxyl groups is 1. The number of ketones is 2. The van der Waals surface area contributed by atoms with Gasteiger partial charge in [0.15, 0.2) is 57.3 Å². The number of fused-ring (bicyclic) bond motifs is 8. The number of benzene rings is 6. The fraction of sp³-hybridized carbons (Fsp3) is 0.340. The number of aryl methyl sites for hydroxylation is 2. The highest BCUT2D eigenvalue weighted by Gasteiger charge is 2.43. The third-order valence-electron chi connectivity index (χ3n) is 23.2. The zero-order valence-corrected chi connectivity index (χ0v) is 72.4. The highest BCUT2D eigenvalue weighted by molar-refractivity contribution is 9.10. The van der Waals surface area contributed by atoms with Gasteiger partial charge in [0.2, 0.25) is 21.7 Å². The number of carboxylic acids is 1. The Bertz CT molecular complexity index is 5830. The summed E-state index contributed by atoms with van der Waals surface area (Å²) >= 11 is 3.31. The molecule has 0 spiro atoms.